The molecule has 0 aromatic heterocycles. The number of rotatable bonds is 14. The molecule has 7 heteroatoms. The zero-order chi connectivity index (χ0) is 29.0. The van der Waals surface area contributed by atoms with Gasteiger partial charge in [0.15, 0.2) is 0 Å². The summed E-state index contributed by atoms with van der Waals surface area (Å²) in [6.07, 6.45) is -4.90. The van der Waals surface area contributed by atoms with Gasteiger partial charge in [-0.25, -0.2) is 4.39 Å². The van der Waals surface area contributed by atoms with Gasteiger partial charge in [-0.05, 0) is 34.4 Å². The molecular weight excluding hydrogens is 535 g/mol. The highest BCUT2D eigenvalue weighted by atomic mass is 19.1. The maximum Gasteiger partial charge on any atom is 0.228 e. The van der Waals surface area contributed by atoms with Gasteiger partial charge in [-0.15, -0.1) is 0 Å². The van der Waals surface area contributed by atoms with E-state index in [1.165, 1.54) is 0 Å². The second-order valence-corrected chi connectivity index (χ2v) is 10.2. The molecule has 1 aliphatic rings. The van der Waals surface area contributed by atoms with Crippen molar-refractivity contribution in [2.75, 3.05) is 13.7 Å². The highest BCUT2D eigenvalue weighted by molar-refractivity contribution is 5.26. The zero-order valence-corrected chi connectivity index (χ0v) is 23.7. The predicted octanol–water partition coefficient (Wildman–Crippen LogP) is 6.66. The number of benzene rings is 4. The predicted molar refractivity (Wildman–Crippen MR) is 157 cm³/mol. The lowest BCUT2D eigenvalue weighted by Gasteiger charge is -2.43. The van der Waals surface area contributed by atoms with Crippen LogP contribution in [0.4, 0.5) is 4.39 Å². The van der Waals surface area contributed by atoms with Crippen LogP contribution in [0, 0.1) is 0 Å². The smallest absolute Gasteiger partial charge is 0.228 e. The topological polar surface area (TPSA) is 55.4 Å². The van der Waals surface area contributed by atoms with Crippen LogP contribution in [-0.2, 0) is 50.1 Å². The largest absolute Gasteiger partial charge is 0.497 e. The molecule has 4 aromatic rings. The van der Waals surface area contributed by atoms with Crippen LogP contribution in [0.15, 0.2) is 115 Å². The molecule has 1 heterocycles. The second-order valence-electron chi connectivity index (χ2n) is 10.2. The van der Waals surface area contributed by atoms with E-state index in [4.69, 9.17) is 28.4 Å². The third-order valence-electron chi connectivity index (χ3n) is 7.14. The van der Waals surface area contributed by atoms with Crippen molar-refractivity contribution in [2.24, 2.45) is 0 Å². The molecule has 0 saturated carbocycles. The molecule has 1 aliphatic heterocycles. The number of methoxy groups -OCH3 is 1. The average Bonchev–Trinajstić information content (AvgIpc) is 3.04. The van der Waals surface area contributed by atoms with E-state index in [1.807, 2.05) is 115 Å². The fraction of sp³-hybridized carbons (Fsp3) is 0.314. The van der Waals surface area contributed by atoms with Crippen molar-refractivity contribution < 1.29 is 32.8 Å². The summed E-state index contributed by atoms with van der Waals surface area (Å²) in [5.41, 5.74) is 3.85. The third kappa shape index (κ3) is 8.47. The molecule has 1 saturated heterocycles. The normalized spacial score (nSPS) is 22.1. The van der Waals surface area contributed by atoms with Gasteiger partial charge < -0.3 is 28.4 Å². The fourth-order valence-electron chi connectivity index (χ4n) is 4.88. The molecule has 42 heavy (non-hydrogen) atoms. The Bertz CT molecular complexity index is 1310. The van der Waals surface area contributed by atoms with E-state index >= 15 is 4.39 Å². The Morgan fingerprint density at radius 1 is 0.548 bits per heavy atom. The van der Waals surface area contributed by atoms with E-state index in [0.29, 0.717) is 13.2 Å². The fourth-order valence-corrected chi connectivity index (χ4v) is 4.88. The first-order valence-corrected chi connectivity index (χ1v) is 14.2. The Morgan fingerprint density at radius 3 is 1.52 bits per heavy atom. The molecule has 220 valence electrons. The van der Waals surface area contributed by atoms with Crippen molar-refractivity contribution in [1.29, 1.82) is 0 Å². The van der Waals surface area contributed by atoms with Gasteiger partial charge in [0.1, 0.15) is 30.2 Å². The van der Waals surface area contributed by atoms with Crippen molar-refractivity contribution in [3.8, 4) is 5.75 Å². The van der Waals surface area contributed by atoms with E-state index in [2.05, 4.69) is 0 Å². The standard InChI is InChI=1S/C35H37FO6/c1-37-30-19-17-29(18-20-30)24-41-34-33(40-23-28-15-9-4-10-16-28)32(39-22-27-13-7-3-8-14-27)31(42-35(34)36)25-38-21-26-11-5-2-6-12-26/h2-20,31-35H,21-25H2,1H3/t31-,32-,33+,34+,35?/m1/s1. The number of hydrogen-bond donors (Lipinski definition) is 0. The summed E-state index contributed by atoms with van der Waals surface area (Å²) < 4.78 is 52.0. The molecule has 4 aromatic carbocycles. The summed E-state index contributed by atoms with van der Waals surface area (Å²) in [5, 5.41) is 0. The van der Waals surface area contributed by atoms with E-state index in [-0.39, 0.29) is 19.8 Å². The maximum absolute atomic E-state index is 15.8. The summed E-state index contributed by atoms with van der Waals surface area (Å²) in [5.74, 6) is 0.736. The monoisotopic (exact) mass is 572 g/mol. The first kappa shape index (κ1) is 29.9. The highest BCUT2D eigenvalue weighted by Gasteiger charge is 2.48. The van der Waals surface area contributed by atoms with Gasteiger partial charge in [0.25, 0.3) is 0 Å². The Kier molecular flexibility index (Phi) is 11.1. The Morgan fingerprint density at radius 2 is 1.00 bits per heavy atom. The van der Waals surface area contributed by atoms with Crippen LogP contribution in [0.1, 0.15) is 22.3 Å². The molecule has 5 rings (SSSR count). The molecule has 0 aliphatic carbocycles. The van der Waals surface area contributed by atoms with E-state index in [9.17, 15) is 0 Å². The van der Waals surface area contributed by atoms with Crippen molar-refractivity contribution >= 4 is 0 Å². The Labute approximate surface area is 246 Å². The molecule has 6 nitrogen and oxygen atoms in total. The van der Waals surface area contributed by atoms with Gasteiger partial charge in [-0.3, -0.25) is 0 Å². The Balaban J connectivity index is 1.36. The van der Waals surface area contributed by atoms with Gasteiger partial charge in [-0.2, -0.15) is 0 Å². The average molecular weight is 573 g/mol. The molecule has 0 amide bonds. The third-order valence-corrected chi connectivity index (χ3v) is 7.14. The molecule has 1 unspecified atom stereocenters. The van der Waals surface area contributed by atoms with Crippen LogP contribution < -0.4 is 4.74 Å². The number of hydrogen-bond acceptors (Lipinski definition) is 6. The molecular formula is C35H37FO6. The molecule has 0 radical (unpaired) electrons. The number of halogens is 1. The van der Waals surface area contributed by atoms with Crippen molar-refractivity contribution in [3.63, 3.8) is 0 Å². The molecule has 0 bridgehead atoms. The minimum atomic E-state index is -1.74. The number of ether oxygens (including phenoxy) is 6. The summed E-state index contributed by atoms with van der Waals surface area (Å²) in [7, 11) is 1.61. The summed E-state index contributed by atoms with van der Waals surface area (Å²) in [4.78, 5) is 0. The van der Waals surface area contributed by atoms with Crippen molar-refractivity contribution in [2.45, 2.75) is 57.2 Å². The SMILES string of the molecule is COc1ccc(CO[C@@H]2C(F)O[C@H](COCc3ccccc3)[C@@H](OCc3ccccc3)[C@@H]2OCc2ccccc2)cc1. The summed E-state index contributed by atoms with van der Waals surface area (Å²) in [6, 6.07) is 36.9. The second kappa shape index (κ2) is 15.6. The lowest BCUT2D eigenvalue weighted by Crippen LogP contribution is -2.60. The molecule has 0 N–H and O–H groups in total. The van der Waals surface area contributed by atoms with Gasteiger partial charge in [0.2, 0.25) is 6.36 Å². The lowest BCUT2D eigenvalue weighted by atomic mass is 9.98. The first-order chi connectivity index (χ1) is 20.7. The minimum absolute atomic E-state index is 0.130. The van der Waals surface area contributed by atoms with Gasteiger partial charge in [-0.1, -0.05) is 103 Å². The van der Waals surface area contributed by atoms with Gasteiger partial charge >= 0.3 is 0 Å². The maximum atomic E-state index is 15.8. The van der Waals surface area contributed by atoms with Gasteiger partial charge in [0.05, 0.1) is 40.1 Å². The van der Waals surface area contributed by atoms with E-state index < -0.39 is 30.8 Å². The molecule has 5 atom stereocenters. The summed E-state index contributed by atoms with van der Waals surface area (Å²) in [6.45, 7) is 1.24. The van der Waals surface area contributed by atoms with Crippen LogP contribution in [0.5, 0.6) is 5.75 Å². The first-order valence-electron chi connectivity index (χ1n) is 14.2. The van der Waals surface area contributed by atoms with Crippen molar-refractivity contribution in [3.05, 3.63) is 138 Å². The zero-order valence-electron chi connectivity index (χ0n) is 23.7. The quantitative estimate of drug-likeness (QED) is 0.168. The van der Waals surface area contributed by atoms with Gasteiger partial charge in [0, 0.05) is 0 Å². The molecule has 1 fully saturated rings. The van der Waals surface area contributed by atoms with Crippen LogP contribution >= 0.6 is 0 Å². The van der Waals surface area contributed by atoms with E-state index in [0.717, 1.165) is 28.0 Å². The Hall–Kier alpha value is -3.59. The minimum Gasteiger partial charge on any atom is -0.497 e. The summed E-state index contributed by atoms with van der Waals surface area (Å²) >= 11 is 0. The van der Waals surface area contributed by atoms with Crippen LogP contribution in [0.2, 0.25) is 0 Å². The van der Waals surface area contributed by atoms with E-state index in [1.54, 1.807) is 7.11 Å². The lowest BCUT2D eigenvalue weighted by molar-refractivity contribution is -0.298. The molecule has 0 spiro atoms. The van der Waals surface area contributed by atoms with Crippen LogP contribution in [0.25, 0.3) is 0 Å². The van der Waals surface area contributed by atoms with Crippen molar-refractivity contribution in [1.82, 2.24) is 0 Å². The van der Waals surface area contributed by atoms with Crippen LogP contribution in [0.3, 0.4) is 0 Å². The van der Waals surface area contributed by atoms with Crippen LogP contribution in [-0.4, -0.2) is 44.5 Å². The highest BCUT2D eigenvalue weighted by Crippen LogP contribution is 2.31. The number of alkyl halides is 1.